The zero-order valence-electron chi connectivity index (χ0n) is 13.7. The summed E-state index contributed by atoms with van der Waals surface area (Å²) in [6.07, 6.45) is 0.0303. The van der Waals surface area contributed by atoms with Gasteiger partial charge in [0.2, 0.25) is 11.8 Å². The highest BCUT2D eigenvalue weighted by Crippen LogP contribution is 2.15. The van der Waals surface area contributed by atoms with Gasteiger partial charge < -0.3 is 15.5 Å². The van der Waals surface area contributed by atoms with Gasteiger partial charge in [0.25, 0.3) is 0 Å². The van der Waals surface area contributed by atoms with Crippen molar-refractivity contribution < 1.29 is 14.0 Å². The van der Waals surface area contributed by atoms with Gasteiger partial charge in [0.05, 0.1) is 13.0 Å². The Morgan fingerprint density at radius 3 is 2.38 bits per heavy atom. The van der Waals surface area contributed by atoms with Crippen LogP contribution in [0.25, 0.3) is 0 Å². The molecule has 0 aliphatic rings. The van der Waals surface area contributed by atoms with Gasteiger partial charge in [-0.15, -0.1) is 0 Å². The van der Waals surface area contributed by atoms with Crippen molar-refractivity contribution in [1.29, 1.82) is 0 Å². The van der Waals surface area contributed by atoms with Crippen molar-refractivity contribution in [3.63, 3.8) is 0 Å². The summed E-state index contributed by atoms with van der Waals surface area (Å²) >= 11 is 0. The molecule has 0 aromatic heterocycles. The normalized spacial score (nSPS) is 10.1. The molecular weight excluding hydrogens is 309 g/mol. The third-order valence-corrected chi connectivity index (χ3v) is 3.37. The molecule has 2 N–H and O–H groups in total. The molecule has 5 nitrogen and oxygen atoms in total. The molecule has 0 aliphatic heterocycles. The highest BCUT2D eigenvalue weighted by molar-refractivity contribution is 5.94. The second-order valence-corrected chi connectivity index (χ2v) is 5.57. The summed E-state index contributed by atoms with van der Waals surface area (Å²) < 4.78 is 13.1. The molecule has 126 valence electrons. The van der Waals surface area contributed by atoms with Gasteiger partial charge >= 0.3 is 0 Å². The van der Waals surface area contributed by atoms with Crippen LogP contribution in [-0.2, 0) is 16.0 Å². The van der Waals surface area contributed by atoms with Crippen LogP contribution in [-0.4, -0.2) is 32.5 Å². The fourth-order valence-electron chi connectivity index (χ4n) is 2.12. The second-order valence-electron chi connectivity index (χ2n) is 5.57. The van der Waals surface area contributed by atoms with Crippen LogP contribution in [0.5, 0.6) is 0 Å². The number of anilines is 2. The third kappa shape index (κ3) is 5.39. The summed E-state index contributed by atoms with van der Waals surface area (Å²) in [5.41, 5.74) is 2.24. The predicted molar refractivity (Wildman–Crippen MR) is 92.5 cm³/mol. The molecule has 0 saturated heterocycles. The van der Waals surface area contributed by atoms with Gasteiger partial charge in [-0.05, 0) is 42.0 Å². The van der Waals surface area contributed by atoms with Gasteiger partial charge in [0.1, 0.15) is 5.82 Å². The van der Waals surface area contributed by atoms with E-state index in [-0.39, 0.29) is 30.6 Å². The molecule has 6 heteroatoms. The van der Waals surface area contributed by atoms with Gasteiger partial charge in [0, 0.05) is 25.5 Å². The summed E-state index contributed by atoms with van der Waals surface area (Å²) in [4.78, 5) is 25.6. The molecule has 2 aromatic rings. The molecular formula is C18H20FN3O2. The lowest BCUT2D eigenvalue weighted by molar-refractivity contribution is -0.123. The first-order chi connectivity index (χ1) is 11.4. The Hall–Kier alpha value is -2.89. The van der Waals surface area contributed by atoms with E-state index in [1.807, 2.05) is 31.1 Å². The quantitative estimate of drug-likeness (QED) is 0.854. The number of carbonyl (C=O) groups is 2. The molecule has 2 amide bonds. The topological polar surface area (TPSA) is 61.4 Å². The first-order valence-corrected chi connectivity index (χ1v) is 7.52. The van der Waals surface area contributed by atoms with Crippen LogP contribution < -0.4 is 15.5 Å². The van der Waals surface area contributed by atoms with Gasteiger partial charge in [0.15, 0.2) is 0 Å². The number of nitrogens with zero attached hydrogens (tertiary/aromatic N) is 1. The SMILES string of the molecule is CN(C)c1ccc(NC(=O)CNC(=O)Cc2cccc(F)c2)cc1. The predicted octanol–water partition coefficient (Wildman–Crippen LogP) is 2.19. The highest BCUT2D eigenvalue weighted by atomic mass is 19.1. The first-order valence-electron chi connectivity index (χ1n) is 7.52. The standard InChI is InChI=1S/C18H20FN3O2/c1-22(2)16-8-6-15(7-9-16)21-18(24)12-20-17(23)11-13-4-3-5-14(19)10-13/h3-10H,11-12H2,1-2H3,(H,20,23)(H,21,24). The number of hydrogen-bond acceptors (Lipinski definition) is 3. The van der Waals surface area contributed by atoms with Crippen LogP contribution in [0.15, 0.2) is 48.5 Å². The number of halogens is 1. The lowest BCUT2D eigenvalue weighted by Crippen LogP contribution is -2.33. The van der Waals surface area contributed by atoms with Crippen molar-refractivity contribution in [2.45, 2.75) is 6.42 Å². The number of hydrogen-bond donors (Lipinski definition) is 2. The monoisotopic (exact) mass is 329 g/mol. The van der Waals surface area contributed by atoms with E-state index in [1.54, 1.807) is 24.3 Å². The van der Waals surface area contributed by atoms with Gasteiger partial charge in [-0.2, -0.15) is 0 Å². The van der Waals surface area contributed by atoms with Gasteiger partial charge in [-0.1, -0.05) is 12.1 Å². The molecule has 0 atom stereocenters. The molecule has 24 heavy (non-hydrogen) atoms. The molecule has 0 fully saturated rings. The molecule has 2 rings (SSSR count). The summed E-state index contributed by atoms with van der Waals surface area (Å²) in [6, 6.07) is 13.2. The van der Waals surface area contributed by atoms with Crippen molar-refractivity contribution in [2.75, 3.05) is 30.9 Å². The second kappa shape index (κ2) is 8.10. The Labute approximate surface area is 140 Å². The molecule has 0 spiro atoms. The lowest BCUT2D eigenvalue weighted by Gasteiger charge is -2.13. The Balaban J connectivity index is 1.79. The number of benzene rings is 2. The van der Waals surface area contributed by atoms with E-state index in [0.29, 0.717) is 11.3 Å². The molecule has 0 heterocycles. The summed E-state index contributed by atoms with van der Waals surface area (Å²) in [7, 11) is 3.86. The number of amides is 2. The highest BCUT2D eigenvalue weighted by Gasteiger charge is 2.08. The molecule has 0 saturated carbocycles. The zero-order valence-corrected chi connectivity index (χ0v) is 13.7. The van der Waals surface area contributed by atoms with Crippen LogP contribution in [0.1, 0.15) is 5.56 Å². The lowest BCUT2D eigenvalue weighted by atomic mass is 10.1. The van der Waals surface area contributed by atoms with Crippen molar-refractivity contribution in [1.82, 2.24) is 5.32 Å². The molecule has 0 bridgehead atoms. The minimum Gasteiger partial charge on any atom is -0.378 e. The minimum absolute atomic E-state index is 0.0303. The van der Waals surface area contributed by atoms with E-state index in [1.165, 1.54) is 12.1 Å². The van der Waals surface area contributed by atoms with Crippen molar-refractivity contribution in [2.24, 2.45) is 0 Å². The number of rotatable bonds is 6. The van der Waals surface area contributed by atoms with E-state index in [9.17, 15) is 14.0 Å². The van der Waals surface area contributed by atoms with E-state index in [4.69, 9.17) is 0 Å². The van der Waals surface area contributed by atoms with Gasteiger partial charge in [-0.3, -0.25) is 9.59 Å². The van der Waals surface area contributed by atoms with Crippen LogP contribution in [0.2, 0.25) is 0 Å². The summed E-state index contributed by atoms with van der Waals surface area (Å²) in [5.74, 6) is -1.04. The Kier molecular flexibility index (Phi) is 5.89. The molecule has 2 aromatic carbocycles. The third-order valence-electron chi connectivity index (χ3n) is 3.37. The smallest absolute Gasteiger partial charge is 0.243 e. The zero-order chi connectivity index (χ0) is 17.5. The average molecular weight is 329 g/mol. The Bertz CT molecular complexity index is 714. The van der Waals surface area contributed by atoms with E-state index in [2.05, 4.69) is 10.6 Å². The Morgan fingerprint density at radius 1 is 1.04 bits per heavy atom. The maximum atomic E-state index is 13.1. The van der Waals surface area contributed by atoms with E-state index < -0.39 is 0 Å². The molecule has 0 radical (unpaired) electrons. The van der Waals surface area contributed by atoms with Crippen LogP contribution >= 0.6 is 0 Å². The maximum absolute atomic E-state index is 13.1. The van der Waals surface area contributed by atoms with Crippen LogP contribution in [0.3, 0.4) is 0 Å². The number of nitrogens with one attached hydrogen (secondary N) is 2. The fraction of sp³-hybridized carbons (Fsp3) is 0.222. The fourth-order valence-corrected chi connectivity index (χ4v) is 2.12. The van der Waals surface area contributed by atoms with Crippen LogP contribution in [0.4, 0.5) is 15.8 Å². The largest absolute Gasteiger partial charge is 0.378 e. The molecule has 0 unspecified atom stereocenters. The van der Waals surface area contributed by atoms with Crippen LogP contribution in [0, 0.1) is 5.82 Å². The van der Waals surface area contributed by atoms with Gasteiger partial charge in [-0.25, -0.2) is 4.39 Å². The van der Waals surface area contributed by atoms with Crippen molar-refractivity contribution >= 4 is 23.2 Å². The van der Waals surface area contributed by atoms with E-state index in [0.717, 1.165) is 5.69 Å². The average Bonchev–Trinajstić information content (AvgIpc) is 2.53. The summed E-state index contributed by atoms with van der Waals surface area (Å²) in [5, 5.41) is 5.22. The first kappa shape index (κ1) is 17.5. The van der Waals surface area contributed by atoms with E-state index >= 15 is 0 Å². The van der Waals surface area contributed by atoms with Crippen molar-refractivity contribution in [3.8, 4) is 0 Å². The Morgan fingerprint density at radius 2 is 1.75 bits per heavy atom. The molecule has 0 aliphatic carbocycles. The minimum atomic E-state index is -0.390. The summed E-state index contributed by atoms with van der Waals surface area (Å²) in [6.45, 7) is -0.135. The maximum Gasteiger partial charge on any atom is 0.243 e. The van der Waals surface area contributed by atoms with Crippen molar-refractivity contribution in [3.05, 3.63) is 59.9 Å². The number of carbonyl (C=O) groups excluding carboxylic acids is 2.